The number of carbonyl (C=O) groups is 3. The first-order chi connectivity index (χ1) is 11.6. The zero-order valence-electron chi connectivity index (χ0n) is 13.1. The molecule has 2 amide bonds. The van der Waals surface area contributed by atoms with E-state index in [0.717, 1.165) is 25.0 Å². The minimum absolute atomic E-state index is 0.216. The van der Waals surface area contributed by atoms with Gasteiger partial charge in [-0.3, -0.25) is 14.3 Å². The van der Waals surface area contributed by atoms with Crippen molar-refractivity contribution in [2.24, 2.45) is 7.05 Å². The van der Waals surface area contributed by atoms with E-state index in [9.17, 15) is 14.4 Å². The summed E-state index contributed by atoms with van der Waals surface area (Å²) in [5, 5.41) is 4.85. The second-order valence-electron chi connectivity index (χ2n) is 6.03. The van der Waals surface area contributed by atoms with E-state index in [-0.39, 0.29) is 16.8 Å². The summed E-state index contributed by atoms with van der Waals surface area (Å²) in [7, 11) is 1.64. The molecule has 0 radical (unpaired) electrons. The fourth-order valence-electron chi connectivity index (χ4n) is 2.96. The number of rotatable bonds is 3. The second kappa shape index (κ2) is 5.30. The molecule has 24 heavy (non-hydrogen) atoms. The summed E-state index contributed by atoms with van der Waals surface area (Å²) in [4.78, 5) is 41.9. The molecule has 0 N–H and O–H groups in total. The number of nitrogens with zero attached hydrogens (tertiary/aromatic N) is 3. The minimum atomic E-state index is -0.773. The van der Waals surface area contributed by atoms with Gasteiger partial charge in [-0.2, -0.15) is 5.10 Å². The maximum Gasteiger partial charge on any atom is 0.381 e. The third kappa shape index (κ3) is 2.12. The van der Waals surface area contributed by atoms with Crippen molar-refractivity contribution in [3.63, 3.8) is 0 Å². The molecule has 122 valence electrons. The number of aryl methyl sites for hydroxylation is 1. The lowest BCUT2D eigenvalue weighted by Gasteiger charge is -2.22. The Balaban J connectivity index is 1.56. The molecule has 0 unspecified atom stereocenters. The van der Waals surface area contributed by atoms with Crippen molar-refractivity contribution in [1.29, 1.82) is 0 Å². The number of hydrogen-bond donors (Lipinski definition) is 0. The van der Waals surface area contributed by atoms with Crippen LogP contribution in [0.15, 0.2) is 30.3 Å². The van der Waals surface area contributed by atoms with Crippen molar-refractivity contribution in [1.82, 2.24) is 14.8 Å². The molecule has 2 heterocycles. The van der Waals surface area contributed by atoms with Gasteiger partial charge in [0.05, 0.1) is 16.8 Å². The molecule has 4 rings (SSSR count). The Bertz CT molecular complexity index is 831. The Morgan fingerprint density at radius 3 is 2.33 bits per heavy atom. The van der Waals surface area contributed by atoms with Crippen LogP contribution in [-0.4, -0.2) is 32.6 Å². The van der Waals surface area contributed by atoms with Crippen molar-refractivity contribution >= 4 is 17.8 Å². The van der Waals surface area contributed by atoms with Gasteiger partial charge in [0, 0.05) is 13.0 Å². The van der Waals surface area contributed by atoms with Gasteiger partial charge < -0.3 is 4.84 Å². The largest absolute Gasteiger partial charge is 0.381 e. The van der Waals surface area contributed by atoms with E-state index in [1.807, 2.05) is 0 Å². The van der Waals surface area contributed by atoms with Gasteiger partial charge >= 0.3 is 5.97 Å². The number of hydrogen-bond acceptors (Lipinski definition) is 5. The summed E-state index contributed by atoms with van der Waals surface area (Å²) in [6.45, 7) is 0. The third-order valence-corrected chi connectivity index (χ3v) is 4.56. The highest BCUT2D eigenvalue weighted by Crippen LogP contribution is 2.35. The Morgan fingerprint density at radius 1 is 1.17 bits per heavy atom. The zero-order chi connectivity index (χ0) is 16.8. The van der Waals surface area contributed by atoms with E-state index in [0.29, 0.717) is 11.0 Å². The van der Waals surface area contributed by atoms with Gasteiger partial charge in [-0.15, -0.1) is 0 Å². The maximum absolute atomic E-state index is 12.4. The molecule has 0 saturated heterocycles. The first kappa shape index (κ1) is 14.6. The Kier molecular flexibility index (Phi) is 3.23. The van der Waals surface area contributed by atoms with Crippen LogP contribution in [-0.2, 0) is 11.9 Å². The number of benzene rings is 1. The Labute approximate surface area is 137 Å². The Morgan fingerprint density at radius 2 is 1.79 bits per heavy atom. The zero-order valence-corrected chi connectivity index (χ0v) is 13.1. The highest BCUT2D eigenvalue weighted by Gasteiger charge is 2.39. The molecule has 0 atom stereocenters. The predicted molar refractivity (Wildman–Crippen MR) is 82.2 cm³/mol. The predicted octanol–water partition coefficient (Wildman–Crippen LogP) is 2.06. The van der Waals surface area contributed by atoms with Gasteiger partial charge in [-0.05, 0) is 31.0 Å². The summed E-state index contributed by atoms with van der Waals surface area (Å²) in [6, 6.07) is 8.04. The van der Waals surface area contributed by atoms with Crippen LogP contribution in [0.25, 0.3) is 0 Å². The lowest BCUT2D eigenvalue weighted by Crippen LogP contribution is -2.33. The molecular formula is C17H15N3O4. The van der Waals surface area contributed by atoms with Gasteiger partial charge in [-0.1, -0.05) is 23.6 Å². The van der Waals surface area contributed by atoms with Crippen LogP contribution in [0.3, 0.4) is 0 Å². The lowest BCUT2D eigenvalue weighted by atomic mass is 9.83. The normalized spacial score (nSPS) is 17.0. The van der Waals surface area contributed by atoms with Gasteiger partial charge in [0.2, 0.25) is 0 Å². The SMILES string of the molecule is Cn1nc(C2CCC2)cc1C(=O)ON1C(=O)c2ccccc2C1=O. The van der Waals surface area contributed by atoms with E-state index >= 15 is 0 Å². The molecule has 0 bridgehead atoms. The molecule has 1 saturated carbocycles. The minimum Gasteiger partial charge on any atom is -0.323 e. The van der Waals surface area contributed by atoms with Crippen LogP contribution in [0.1, 0.15) is 62.1 Å². The fourth-order valence-corrected chi connectivity index (χ4v) is 2.96. The van der Waals surface area contributed by atoms with E-state index in [1.165, 1.54) is 16.8 Å². The first-order valence-corrected chi connectivity index (χ1v) is 7.80. The van der Waals surface area contributed by atoms with Crippen molar-refractivity contribution in [2.75, 3.05) is 0 Å². The molecule has 1 aliphatic heterocycles. The topological polar surface area (TPSA) is 81.5 Å². The maximum atomic E-state index is 12.4. The molecule has 7 nitrogen and oxygen atoms in total. The average molecular weight is 325 g/mol. The smallest absolute Gasteiger partial charge is 0.323 e. The van der Waals surface area contributed by atoms with Crippen molar-refractivity contribution in [3.05, 3.63) is 52.8 Å². The molecule has 1 fully saturated rings. The van der Waals surface area contributed by atoms with Crippen LogP contribution >= 0.6 is 0 Å². The van der Waals surface area contributed by atoms with E-state index < -0.39 is 17.8 Å². The number of imide groups is 1. The molecule has 2 aliphatic rings. The summed E-state index contributed by atoms with van der Waals surface area (Å²) in [5.74, 6) is -1.67. The molecule has 1 aromatic carbocycles. The van der Waals surface area contributed by atoms with Crippen LogP contribution in [0.2, 0.25) is 0 Å². The van der Waals surface area contributed by atoms with E-state index in [1.54, 1.807) is 25.2 Å². The van der Waals surface area contributed by atoms with Crippen molar-refractivity contribution in [3.8, 4) is 0 Å². The molecule has 0 spiro atoms. The van der Waals surface area contributed by atoms with Gasteiger partial charge in [0.25, 0.3) is 11.8 Å². The average Bonchev–Trinajstić information content (AvgIpc) is 3.00. The molecule has 2 aromatic rings. The van der Waals surface area contributed by atoms with Crippen LogP contribution in [0, 0.1) is 0 Å². The highest BCUT2D eigenvalue weighted by atomic mass is 16.7. The van der Waals surface area contributed by atoms with Crippen LogP contribution < -0.4 is 0 Å². The van der Waals surface area contributed by atoms with Crippen LogP contribution in [0.4, 0.5) is 0 Å². The van der Waals surface area contributed by atoms with Crippen LogP contribution in [0.5, 0.6) is 0 Å². The summed E-state index contributed by atoms with van der Waals surface area (Å²) >= 11 is 0. The van der Waals surface area contributed by atoms with E-state index in [4.69, 9.17) is 4.84 Å². The van der Waals surface area contributed by atoms with Gasteiger partial charge in [0.1, 0.15) is 5.69 Å². The quantitative estimate of drug-likeness (QED) is 0.807. The van der Waals surface area contributed by atoms with Gasteiger partial charge in [-0.25, -0.2) is 4.79 Å². The first-order valence-electron chi connectivity index (χ1n) is 7.80. The highest BCUT2D eigenvalue weighted by molar-refractivity contribution is 6.21. The number of carbonyl (C=O) groups excluding carboxylic acids is 3. The van der Waals surface area contributed by atoms with E-state index in [2.05, 4.69) is 5.10 Å². The molecule has 7 heteroatoms. The monoisotopic (exact) mass is 325 g/mol. The number of amides is 2. The molecular weight excluding hydrogens is 310 g/mol. The Hall–Kier alpha value is -2.96. The number of hydroxylamine groups is 2. The second-order valence-corrected chi connectivity index (χ2v) is 6.03. The summed E-state index contributed by atoms with van der Waals surface area (Å²) in [5.41, 5.74) is 1.53. The van der Waals surface area contributed by atoms with Crippen molar-refractivity contribution < 1.29 is 19.2 Å². The molecule has 1 aliphatic carbocycles. The third-order valence-electron chi connectivity index (χ3n) is 4.56. The number of aromatic nitrogens is 2. The lowest BCUT2D eigenvalue weighted by molar-refractivity contribution is -0.0591. The molecule has 1 aromatic heterocycles. The van der Waals surface area contributed by atoms with Gasteiger partial charge in [0.15, 0.2) is 0 Å². The summed E-state index contributed by atoms with van der Waals surface area (Å²) < 4.78 is 1.42. The number of fused-ring (bicyclic) bond motifs is 1. The van der Waals surface area contributed by atoms with Crippen molar-refractivity contribution in [2.45, 2.75) is 25.2 Å². The standard InChI is InChI=1S/C17H15N3O4/c1-19-14(9-13(18-19)10-5-4-6-10)17(23)24-20-15(21)11-7-2-3-8-12(11)16(20)22/h2-3,7-10H,4-6H2,1H3. The fraction of sp³-hybridized carbons (Fsp3) is 0.294. The summed E-state index contributed by atoms with van der Waals surface area (Å²) in [6.07, 6.45) is 3.28.